The van der Waals surface area contributed by atoms with Crippen LogP contribution in [0.15, 0.2) is 22.7 Å². The fraction of sp³-hybridized carbons (Fsp3) is 0.583. The molecule has 2 aromatic heterocycles. The maximum atomic E-state index is 10.3. The van der Waals surface area contributed by atoms with Crippen LogP contribution in [0, 0.1) is 0 Å². The second-order valence-electron chi connectivity index (χ2n) is 4.42. The van der Waals surface area contributed by atoms with Crippen molar-refractivity contribution < 1.29 is 5.11 Å². The molecule has 0 aliphatic rings. The number of hydrogen-bond donors (Lipinski definition) is 1. The lowest BCUT2D eigenvalue weighted by Crippen LogP contribution is -2.29. The van der Waals surface area contributed by atoms with Crippen LogP contribution in [0.5, 0.6) is 0 Å². The Morgan fingerprint density at radius 2 is 2.21 bits per heavy atom. The Kier molecular flexibility index (Phi) is 4.95. The third-order valence-electron chi connectivity index (χ3n) is 3.17. The zero-order chi connectivity index (χ0) is 13.7. The number of tetrazole rings is 1. The van der Waals surface area contributed by atoms with Gasteiger partial charge < -0.3 is 5.11 Å². The summed E-state index contributed by atoms with van der Waals surface area (Å²) < 4.78 is 1.78. The van der Waals surface area contributed by atoms with E-state index in [1.807, 2.05) is 25.3 Å². The van der Waals surface area contributed by atoms with Crippen molar-refractivity contribution >= 4 is 23.1 Å². The summed E-state index contributed by atoms with van der Waals surface area (Å²) in [4.78, 5) is 1.22. The molecule has 0 bridgehead atoms. The van der Waals surface area contributed by atoms with Gasteiger partial charge in [-0.15, -0.1) is 16.4 Å². The molecule has 0 aromatic carbocycles. The molecule has 0 saturated heterocycles. The largest absolute Gasteiger partial charge is 0.389 e. The molecule has 0 atom stereocenters. The van der Waals surface area contributed by atoms with Crippen LogP contribution in [0.3, 0.4) is 0 Å². The van der Waals surface area contributed by atoms with Crippen molar-refractivity contribution in [2.24, 2.45) is 0 Å². The van der Waals surface area contributed by atoms with Gasteiger partial charge >= 0.3 is 0 Å². The molecule has 0 spiro atoms. The second-order valence-corrected chi connectivity index (χ2v) is 6.39. The molecular formula is C12H18N4OS2. The maximum absolute atomic E-state index is 10.3. The first-order valence-corrected chi connectivity index (χ1v) is 8.17. The molecule has 2 heterocycles. The highest BCUT2D eigenvalue weighted by Gasteiger charge is 2.23. The van der Waals surface area contributed by atoms with Crippen molar-refractivity contribution in [1.29, 1.82) is 0 Å². The lowest BCUT2D eigenvalue weighted by atomic mass is 10.0. The van der Waals surface area contributed by atoms with Gasteiger partial charge in [-0.2, -0.15) is 0 Å². The van der Waals surface area contributed by atoms with Gasteiger partial charge in [0.25, 0.3) is 0 Å². The molecule has 0 fully saturated rings. The predicted molar refractivity (Wildman–Crippen MR) is 77.5 cm³/mol. The van der Waals surface area contributed by atoms with Gasteiger partial charge in [-0.1, -0.05) is 31.7 Å². The SMILES string of the molecule is CCC(O)(CC)CSc1nnnn1Cc1cccs1. The summed E-state index contributed by atoms with van der Waals surface area (Å²) in [6, 6.07) is 4.08. The van der Waals surface area contributed by atoms with Crippen molar-refractivity contribution in [2.75, 3.05) is 5.75 Å². The summed E-state index contributed by atoms with van der Waals surface area (Å²) in [5.41, 5.74) is -0.635. The van der Waals surface area contributed by atoms with Crippen LogP contribution in [0.1, 0.15) is 31.6 Å². The molecule has 0 aliphatic heterocycles. The Morgan fingerprint density at radius 3 is 2.84 bits per heavy atom. The van der Waals surface area contributed by atoms with Crippen LogP contribution in [0.25, 0.3) is 0 Å². The molecular weight excluding hydrogens is 280 g/mol. The maximum Gasteiger partial charge on any atom is 0.209 e. The zero-order valence-electron chi connectivity index (χ0n) is 11.1. The fourth-order valence-electron chi connectivity index (χ4n) is 1.60. The topological polar surface area (TPSA) is 63.8 Å². The molecule has 2 aromatic rings. The molecule has 5 nitrogen and oxygen atoms in total. The van der Waals surface area contributed by atoms with E-state index < -0.39 is 5.60 Å². The molecule has 0 aliphatic carbocycles. The van der Waals surface area contributed by atoms with E-state index in [1.54, 1.807) is 16.0 Å². The number of nitrogens with zero attached hydrogens (tertiary/aromatic N) is 4. The van der Waals surface area contributed by atoms with Crippen LogP contribution in [0.2, 0.25) is 0 Å². The van der Waals surface area contributed by atoms with Gasteiger partial charge in [-0.3, -0.25) is 0 Å². The Morgan fingerprint density at radius 1 is 1.42 bits per heavy atom. The first-order valence-electron chi connectivity index (χ1n) is 6.30. The van der Waals surface area contributed by atoms with E-state index >= 15 is 0 Å². The predicted octanol–water partition coefficient (Wildman–Crippen LogP) is 2.43. The molecule has 2 rings (SSSR count). The lowest BCUT2D eigenvalue weighted by molar-refractivity contribution is 0.0571. The number of rotatable bonds is 7. The highest BCUT2D eigenvalue weighted by Crippen LogP contribution is 2.25. The molecule has 1 N–H and O–H groups in total. The van der Waals surface area contributed by atoms with Crippen LogP contribution < -0.4 is 0 Å². The Balaban J connectivity index is 2.00. The molecule has 0 radical (unpaired) electrons. The highest BCUT2D eigenvalue weighted by atomic mass is 32.2. The molecule has 104 valence electrons. The Labute approximate surface area is 121 Å². The first-order chi connectivity index (χ1) is 9.17. The standard InChI is InChI=1S/C12H18N4OS2/c1-3-12(17,4-2)9-19-11-13-14-15-16(11)8-10-6-5-7-18-10/h5-7,17H,3-4,8-9H2,1-2H3. The number of thioether (sulfide) groups is 1. The van der Waals surface area contributed by atoms with Crippen LogP contribution in [0.4, 0.5) is 0 Å². The third kappa shape index (κ3) is 3.77. The van der Waals surface area contributed by atoms with Gasteiger partial charge in [-0.05, 0) is 34.7 Å². The van der Waals surface area contributed by atoms with E-state index in [-0.39, 0.29) is 0 Å². The number of hydrogen-bond acceptors (Lipinski definition) is 6. The van der Waals surface area contributed by atoms with Crippen LogP contribution >= 0.6 is 23.1 Å². The minimum atomic E-state index is -0.635. The minimum absolute atomic E-state index is 0.616. The van der Waals surface area contributed by atoms with Crippen molar-refractivity contribution in [2.45, 2.75) is 44.0 Å². The van der Waals surface area contributed by atoms with Crippen molar-refractivity contribution in [3.8, 4) is 0 Å². The lowest BCUT2D eigenvalue weighted by Gasteiger charge is -2.23. The van der Waals surface area contributed by atoms with Gasteiger partial charge in [0.2, 0.25) is 5.16 Å². The van der Waals surface area contributed by atoms with Gasteiger partial charge in [-0.25, -0.2) is 4.68 Å². The average Bonchev–Trinajstić information content (AvgIpc) is 3.08. The first kappa shape index (κ1) is 14.5. The second kappa shape index (κ2) is 6.49. The summed E-state index contributed by atoms with van der Waals surface area (Å²) in [5.74, 6) is 0.616. The van der Waals surface area contributed by atoms with Crippen LogP contribution in [-0.2, 0) is 6.54 Å². The fourth-order valence-corrected chi connectivity index (χ4v) is 3.44. The zero-order valence-corrected chi connectivity index (χ0v) is 12.7. The average molecular weight is 298 g/mol. The normalized spacial score (nSPS) is 11.9. The Hall–Kier alpha value is -0.920. The van der Waals surface area contributed by atoms with Crippen molar-refractivity contribution in [1.82, 2.24) is 20.2 Å². The van der Waals surface area contributed by atoms with E-state index in [2.05, 4.69) is 21.6 Å². The summed E-state index contributed by atoms with van der Waals surface area (Å²) >= 11 is 3.20. The van der Waals surface area contributed by atoms with Crippen LogP contribution in [-0.4, -0.2) is 36.7 Å². The summed E-state index contributed by atoms with van der Waals surface area (Å²) in [6.45, 7) is 4.68. The van der Waals surface area contributed by atoms with Gasteiger partial charge in [0.05, 0.1) is 12.1 Å². The Bertz CT molecular complexity index is 494. The summed E-state index contributed by atoms with van der Waals surface area (Å²) in [5, 5.41) is 24.8. The van der Waals surface area contributed by atoms with E-state index in [0.29, 0.717) is 12.3 Å². The third-order valence-corrected chi connectivity index (χ3v) is 5.26. The smallest absolute Gasteiger partial charge is 0.209 e. The van der Waals surface area contributed by atoms with Gasteiger partial charge in [0.1, 0.15) is 0 Å². The van der Waals surface area contributed by atoms with E-state index in [4.69, 9.17) is 0 Å². The van der Waals surface area contributed by atoms with E-state index in [0.717, 1.165) is 18.0 Å². The quantitative estimate of drug-likeness (QED) is 0.795. The van der Waals surface area contributed by atoms with Gasteiger partial charge in [0, 0.05) is 10.6 Å². The molecule has 0 amide bonds. The molecule has 19 heavy (non-hydrogen) atoms. The highest BCUT2D eigenvalue weighted by molar-refractivity contribution is 7.99. The molecule has 7 heteroatoms. The number of thiophene rings is 1. The number of aromatic nitrogens is 4. The van der Waals surface area contributed by atoms with Crippen molar-refractivity contribution in [3.63, 3.8) is 0 Å². The minimum Gasteiger partial charge on any atom is -0.389 e. The van der Waals surface area contributed by atoms with Gasteiger partial charge in [0.15, 0.2) is 0 Å². The summed E-state index contributed by atoms with van der Waals surface area (Å²) in [6.07, 6.45) is 1.48. The van der Waals surface area contributed by atoms with E-state index in [1.165, 1.54) is 16.6 Å². The summed E-state index contributed by atoms with van der Waals surface area (Å²) in [7, 11) is 0. The number of aliphatic hydroxyl groups is 1. The van der Waals surface area contributed by atoms with Crippen molar-refractivity contribution in [3.05, 3.63) is 22.4 Å². The monoisotopic (exact) mass is 298 g/mol. The molecule has 0 unspecified atom stereocenters. The molecule has 0 saturated carbocycles. The van der Waals surface area contributed by atoms with E-state index in [9.17, 15) is 5.11 Å².